The Morgan fingerprint density at radius 3 is 2.15 bits per heavy atom. The fraction of sp³-hybridized carbons (Fsp3) is 0.296. The lowest BCUT2D eigenvalue weighted by atomic mass is 10.1. The molecule has 0 saturated carbocycles. The van der Waals surface area contributed by atoms with Gasteiger partial charge < -0.3 is 19.3 Å². The molecule has 200 valence electrons. The van der Waals surface area contributed by atoms with E-state index in [1.807, 2.05) is 0 Å². The van der Waals surface area contributed by atoms with Gasteiger partial charge in [-0.05, 0) is 38.1 Å². The molecule has 4 atom stereocenters. The molecule has 0 spiro atoms. The number of alkyl halides is 1. The second kappa shape index (κ2) is 9.27. The molecule has 39 heavy (non-hydrogen) atoms. The molecule has 0 bridgehead atoms. The van der Waals surface area contributed by atoms with Gasteiger partial charge in [0.2, 0.25) is 0 Å². The van der Waals surface area contributed by atoms with E-state index in [-0.39, 0.29) is 28.1 Å². The van der Waals surface area contributed by atoms with Crippen molar-refractivity contribution in [1.29, 1.82) is 0 Å². The molecule has 0 unspecified atom stereocenters. The third-order valence-electron chi connectivity index (χ3n) is 6.64. The number of fused-ring (bicyclic) bond motifs is 2. The highest BCUT2D eigenvalue weighted by Crippen LogP contribution is 2.49. The highest BCUT2D eigenvalue weighted by molar-refractivity contribution is 6.27. The topological polar surface area (TPSA) is 129 Å². The van der Waals surface area contributed by atoms with E-state index >= 15 is 4.39 Å². The molecule has 2 amide bonds. The van der Waals surface area contributed by atoms with Crippen molar-refractivity contribution in [2.75, 3.05) is 11.5 Å². The van der Waals surface area contributed by atoms with Gasteiger partial charge in [0.1, 0.15) is 19.0 Å². The van der Waals surface area contributed by atoms with Crippen LogP contribution in [0.1, 0.15) is 40.8 Å². The van der Waals surface area contributed by atoms with E-state index in [0.29, 0.717) is 0 Å². The highest BCUT2D eigenvalue weighted by Gasteiger charge is 2.64. The quantitative estimate of drug-likeness (QED) is 0.385. The monoisotopic (exact) mass is 533 g/mol. The zero-order valence-corrected chi connectivity index (χ0v) is 21.0. The number of carbonyl (C=O) groups excluding carboxylic acids is 2. The number of hydrogen-bond acceptors (Lipinski definition) is 9. The lowest BCUT2D eigenvalue weighted by molar-refractivity contribution is -0.264. The molecule has 4 heterocycles. The molecular formula is C27H24FN5O6. The van der Waals surface area contributed by atoms with Crippen molar-refractivity contribution >= 4 is 28.8 Å². The van der Waals surface area contributed by atoms with Gasteiger partial charge in [-0.25, -0.2) is 24.2 Å². The zero-order valence-electron chi connectivity index (χ0n) is 21.0. The number of ether oxygens (including phenoxy) is 3. The summed E-state index contributed by atoms with van der Waals surface area (Å²) in [5, 5.41) is 9.76. The number of imidazole rings is 1. The summed E-state index contributed by atoms with van der Waals surface area (Å²) in [4.78, 5) is 41.3. The summed E-state index contributed by atoms with van der Waals surface area (Å²) in [7, 11) is 0. The number of rotatable bonds is 5. The summed E-state index contributed by atoms with van der Waals surface area (Å²) in [6, 6.07) is 16.6. The Balaban J connectivity index is 1.46. The minimum absolute atomic E-state index is 0.0615. The van der Waals surface area contributed by atoms with Crippen LogP contribution in [-0.4, -0.2) is 66.9 Å². The van der Waals surface area contributed by atoms with Crippen LogP contribution in [0.3, 0.4) is 0 Å². The second-order valence-corrected chi connectivity index (χ2v) is 9.67. The fourth-order valence-electron chi connectivity index (χ4n) is 4.90. The second-order valence-electron chi connectivity index (χ2n) is 9.67. The molecule has 11 nitrogen and oxygen atoms in total. The van der Waals surface area contributed by atoms with Crippen LogP contribution in [0.15, 0.2) is 73.3 Å². The van der Waals surface area contributed by atoms with Gasteiger partial charge in [0, 0.05) is 11.1 Å². The minimum Gasteiger partial charge on any atom is -0.390 e. The number of amides is 2. The molecule has 1 N–H and O–H groups in total. The summed E-state index contributed by atoms with van der Waals surface area (Å²) in [5.74, 6) is -4.95. The van der Waals surface area contributed by atoms with Crippen LogP contribution in [0.4, 0.5) is 10.2 Å². The number of aromatic nitrogens is 4. The number of anilines is 1. The number of halogens is 1. The standard InChI is InChI=1S/C27H24FN5O6/c1-26(2)37-19-20(38-26)27(28,13-34)39-25(19)32-15-31-18-21(32)29-14-30-22(18)33(23(35)16-9-5-3-6-10-16)24(36)17-11-7-4-8-12-17/h3-12,14-15,19-20,25,34H,13H2,1-2H3/t19-,20+,25-,27+/m1/s1. The third-order valence-corrected chi connectivity index (χ3v) is 6.64. The van der Waals surface area contributed by atoms with Gasteiger partial charge in [-0.3, -0.25) is 14.2 Å². The summed E-state index contributed by atoms with van der Waals surface area (Å²) < 4.78 is 34.2. The third kappa shape index (κ3) is 4.17. The molecule has 0 radical (unpaired) electrons. The van der Waals surface area contributed by atoms with Crippen LogP contribution in [-0.2, 0) is 14.2 Å². The normalized spacial score (nSPS) is 25.5. The Bertz CT molecular complexity index is 1500. The van der Waals surface area contributed by atoms with Crippen molar-refractivity contribution in [3.05, 3.63) is 84.4 Å². The van der Waals surface area contributed by atoms with E-state index < -0.39 is 48.5 Å². The maximum Gasteiger partial charge on any atom is 0.266 e. The maximum absolute atomic E-state index is 15.5. The van der Waals surface area contributed by atoms with E-state index in [0.717, 1.165) is 4.90 Å². The van der Waals surface area contributed by atoms with Crippen molar-refractivity contribution in [1.82, 2.24) is 19.5 Å². The molecule has 4 aromatic rings. The Kier molecular flexibility index (Phi) is 5.99. The van der Waals surface area contributed by atoms with Crippen molar-refractivity contribution in [2.24, 2.45) is 0 Å². The van der Waals surface area contributed by atoms with Gasteiger partial charge in [0.15, 0.2) is 35.1 Å². The summed E-state index contributed by atoms with van der Waals surface area (Å²) in [6.45, 7) is 2.31. The van der Waals surface area contributed by atoms with E-state index in [1.165, 1.54) is 17.2 Å². The van der Waals surface area contributed by atoms with Crippen LogP contribution < -0.4 is 4.90 Å². The number of hydrogen-bond donors (Lipinski definition) is 1. The van der Waals surface area contributed by atoms with Crippen molar-refractivity contribution in [3.8, 4) is 0 Å². The van der Waals surface area contributed by atoms with E-state index in [4.69, 9.17) is 14.2 Å². The van der Waals surface area contributed by atoms with E-state index in [2.05, 4.69) is 15.0 Å². The lowest BCUT2D eigenvalue weighted by Crippen LogP contribution is -2.42. The molecule has 2 saturated heterocycles. The first-order valence-electron chi connectivity index (χ1n) is 12.2. The molecule has 2 fully saturated rings. The molecule has 0 aliphatic carbocycles. The van der Waals surface area contributed by atoms with Gasteiger partial charge in [-0.2, -0.15) is 0 Å². The number of aliphatic hydroxyl groups is 1. The number of aliphatic hydroxyl groups excluding tert-OH is 1. The number of nitrogens with zero attached hydrogens (tertiary/aromatic N) is 5. The van der Waals surface area contributed by atoms with Crippen molar-refractivity contribution in [3.63, 3.8) is 0 Å². The first kappa shape index (κ1) is 25.2. The van der Waals surface area contributed by atoms with Gasteiger partial charge in [-0.15, -0.1) is 0 Å². The van der Waals surface area contributed by atoms with Gasteiger partial charge in [0.05, 0.1) is 6.33 Å². The summed E-state index contributed by atoms with van der Waals surface area (Å²) >= 11 is 0. The molecular weight excluding hydrogens is 509 g/mol. The Hall–Kier alpha value is -4.10. The van der Waals surface area contributed by atoms with Crippen LogP contribution in [0.25, 0.3) is 11.2 Å². The van der Waals surface area contributed by atoms with Crippen LogP contribution >= 0.6 is 0 Å². The largest absolute Gasteiger partial charge is 0.390 e. The fourth-order valence-corrected chi connectivity index (χ4v) is 4.90. The molecule has 12 heteroatoms. The number of imide groups is 1. The SMILES string of the molecule is CC1(C)O[C@H]2[C@H](n3cnc4c(N(C(=O)c5ccccc5)C(=O)c5ccccc5)ncnc43)O[C@@](F)(CO)[C@H]2O1. The van der Waals surface area contributed by atoms with Gasteiger partial charge in [-0.1, -0.05) is 36.4 Å². The summed E-state index contributed by atoms with van der Waals surface area (Å²) in [5.41, 5.74) is 0.786. The molecule has 6 rings (SSSR count). The Morgan fingerprint density at radius 2 is 1.56 bits per heavy atom. The highest BCUT2D eigenvalue weighted by atomic mass is 19.2. The maximum atomic E-state index is 15.5. The number of benzene rings is 2. The molecule has 2 aliphatic rings. The average molecular weight is 534 g/mol. The summed E-state index contributed by atoms with van der Waals surface area (Å²) in [6.07, 6.45) is -0.764. The smallest absolute Gasteiger partial charge is 0.266 e. The number of carbonyl (C=O) groups is 2. The van der Waals surface area contributed by atoms with Crippen molar-refractivity contribution in [2.45, 2.75) is 43.9 Å². The lowest BCUT2D eigenvalue weighted by Gasteiger charge is -2.27. The molecule has 2 aromatic heterocycles. The van der Waals surface area contributed by atoms with Gasteiger partial charge >= 0.3 is 0 Å². The Labute approximate surface area is 221 Å². The minimum atomic E-state index is -2.53. The van der Waals surface area contributed by atoms with E-state index in [1.54, 1.807) is 74.5 Å². The van der Waals surface area contributed by atoms with Crippen LogP contribution in [0.5, 0.6) is 0 Å². The van der Waals surface area contributed by atoms with E-state index in [9.17, 15) is 14.7 Å². The van der Waals surface area contributed by atoms with Crippen molar-refractivity contribution < 1.29 is 33.3 Å². The van der Waals surface area contributed by atoms with Gasteiger partial charge in [0.25, 0.3) is 17.7 Å². The first-order chi connectivity index (χ1) is 18.7. The molecule has 2 aliphatic heterocycles. The zero-order chi connectivity index (χ0) is 27.4. The van der Waals surface area contributed by atoms with Crippen LogP contribution in [0, 0.1) is 0 Å². The average Bonchev–Trinajstić information content (AvgIpc) is 3.60. The first-order valence-corrected chi connectivity index (χ1v) is 12.2. The molecule has 2 aromatic carbocycles. The Morgan fingerprint density at radius 1 is 0.949 bits per heavy atom. The predicted molar refractivity (Wildman–Crippen MR) is 134 cm³/mol. The predicted octanol–water partition coefficient (Wildman–Crippen LogP) is 3.02. The van der Waals surface area contributed by atoms with Crippen LogP contribution in [0.2, 0.25) is 0 Å².